The molecule has 10 heteroatoms. The van der Waals surface area contributed by atoms with Crippen LogP contribution in [-0.4, -0.2) is 22.8 Å². The molecule has 0 saturated heterocycles. The topological polar surface area (TPSA) is 116 Å². The smallest absolute Gasteiger partial charge is 1.00 e. The third-order valence-electron chi connectivity index (χ3n) is 0. The Hall–Kier alpha value is 1.47. The predicted molar refractivity (Wildman–Crippen MR) is 15.3 cm³/mol. The Kier molecular flexibility index (Phi) is 70.7. The molecule has 0 aliphatic carbocycles. The summed E-state index contributed by atoms with van der Waals surface area (Å²) in [5.41, 5.74) is 0. The van der Waals surface area contributed by atoms with E-state index in [0.717, 1.165) is 0 Å². The molecular formula is HAlCl3O5P-4. The monoisotopic (exact) mass is 244 g/mol. The van der Waals surface area contributed by atoms with E-state index >= 15 is 0 Å². The van der Waals surface area contributed by atoms with Crippen LogP contribution in [-0.2, 0) is 4.57 Å². The largest absolute Gasteiger partial charge is 3.00 e. The van der Waals surface area contributed by atoms with Crippen molar-refractivity contribution in [3.05, 3.63) is 0 Å². The number of halogens is 3. The summed E-state index contributed by atoms with van der Waals surface area (Å²) in [5, 5.41) is 0. The molecule has 0 aromatic carbocycles. The maximum Gasteiger partial charge on any atom is 3.00 e. The Labute approximate surface area is 87.1 Å². The molecule has 64 valence electrons. The first-order chi connectivity index (χ1) is 2.00. The summed E-state index contributed by atoms with van der Waals surface area (Å²) in [6.07, 6.45) is 0. The van der Waals surface area contributed by atoms with Gasteiger partial charge in [0, 0.05) is 0 Å². The Balaban J connectivity index is -0.00000000800. The van der Waals surface area contributed by atoms with Gasteiger partial charge in [-0.3, -0.25) is 0 Å². The van der Waals surface area contributed by atoms with Crippen LogP contribution in [0.1, 0.15) is 0 Å². The molecule has 0 aliphatic rings. The van der Waals surface area contributed by atoms with Crippen LogP contribution in [0.15, 0.2) is 0 Å². The standard InChI is InChI=1S/Al.3ClH.H3O4P.H2O/c;;;;1-5(2,3)4;/h;3*1H;(H3,1,2,3,4);1H2/q+3;;;;;/p-7. The molecule has 10 heavy (non-hydrogen) atoms. The summed E-state index contributed by atoms with van der Waals surface area (Å²) in [4.78, 5) is 25.6. The molecule has 0 amide bonds. The van der Waals surface area contributed by atoms with E-state index in [0.29, 0.717) is 0 Å². The normalized spacial score (nSPS) is 5.90. The Morgan fingerprint density at radius 2 is 0.900 bits per heavy atom. The Morgan fingerprint density at radius 1 is 0.900 bits per heavy atom. The fraction of sp³-hybridized carbons (Fsp3) is 0. The van der Waals surface area contributed by atoms with E-state index in [1.807, 2.05) is 0 Å². The van der Waals surface area contributed by atoms with Crippen LogP contribution in [0.25, 0.3) is 0 Å². The SMILES string of the molecule is O=P([O-])([O-])[O-].[Al+3].[Cl-].[Cl-].[Cl-].[OH-]. The van der Waals surface area contributed by atoms with Crippen LogP contribution < -0.4 is 51.9 Å². The van der Waals surface area contributed by atoms with E-state index in [4.69, 9.17) is 19.2 Å². The molecule has 0 saturated carbocycles. The molecule has 0 atom stereocenters. The third-order valence-corrected chi connectivity index (χ3v) is 0. The molecule has 0 rings (SSSR count). The second kappa shape index (κ2) is 16.8. The zero-order valence-corrected chi connectivity index (χ0v) is 8.56. The van der Waals surface area contributed by atoms with Crippen LogP contribution in [0, 0.1) is 0 Å². The van der Waals surface area contributed by atoms with Gasteiger partial charge in [0.15, 0.2) is 0 Å². The van der Waals surface area contributed by atoms with Gasteiger partial charge in [-0.1, -0.05) is 0 Å². The van der Waals surface area contributed by atoms with Gasteiger partial charge in [0.2, 0.25) is 0 Å². The van der Waals surface area contributed by atoms with Crippen molar-refractivity contribution >= 4 is 25.2 Å². The van der Waals surface area contributed by atoms with Crippen molar-refractivity contribution in [3.8, 4) is 0 Å². The molecule has 0 aliphatic heterocycles. The molecule has 0 aromatic rings. The molecule has 1 N–H and O–H groups in total. The van der Waals surface area contributed by atoms with Gasteiger partial charge in [0.05, 0.1) is 0 Å². The molecule has 0 spiro atoms. The quantitative estimate of drug-likeness (QED) is 0.310. The van der Waals surface area contributed by atoms with E-state index in [1.54, 1.807) is 0 Å². The fourth-order valence-corrected chi connectivity index (χ4v) is 0. The van der Waals surface area contributed by atoms with Crippen molar-refractivity contribution in [1.29, 1.82) is 0 Å². The summed E-state index contributed by atoms with van der Waals surface area (Å²) >= 11 is 0. The van der Waals surface area contributed by atoms with Crippen LogP contribution in [0.5, 0.6) is 0 Å². The number of hydrogen-bond acceptors (Lipinski definition) is 5. The van der Waals surface area contributed by atoms with Crippen molar-refractivity contribution in [2.45, 2.75) is 0 Å². The molecule has 0 heterocycles. The van der Waals surface area contributed by atoms with Gasteiger partial charge in [0.1, 0.15) is 0 Å². The minimum atomic E-state index is -5.39. The molecule has 0 radical (unpaired) electrons. The zero-order valence-electron chi connectivity index (χ0n) is 4.24. The summed E-state index contributed by atoms with van der Waals surface area (Å²) in [6.45, 7) is 0. The Bertz CT molecular complexity index is 63.0. The van der Waals surface area contributed by atoms with Gasteiger partial charge < -0.3 is 61.9 Å². The van der Waals surface area contributed by atoms with Gasteiger partial charge >= 0.3 is 17.4 Å². The van der Waals surface area contributed by atoms with Gasteiger partial charge in [-0.25, -0.2) is 0 Å². The van der Waals surface area contributed by atoms with Crippen LogP contribution in [0.4, 0.5) is 0 Å². The molecule has 0 bridgehead atoms. The van der Waals surface area contributed by atoms with Crippen molar-refractivity contribution in [3.63, 3.8) is 0 Å². The van der Waals surface area contributed by atoms with Gasteiger partial charge in [-0.15, -0.1) is 0 Å². The first-order valence-electron chi connectivity index (χ1n) is 0.730. The molecule has 5 nitrogen and oxygen atoms in total. The second-order valence-corrected chi connectivity index (χ2v) is 1.34. The van der Waals surface area contributed by atoms with Crippen molar-refractivity contribution in [2.24, 2.45) is 0 Å². The maximum absolute atomic E-state index is 8.55. The van der Waals surface area contributed by atoms with Crippen LogP contribution >= 0.6 is 7.82 Å². The molecule has 0 aromatic heterocycles. The fourth-order valence-electron chi connectivity index (χ4n) is 0. The molecular weight excluding hydrogens is 244 g/mol. The van der Waals surface area contributed by atoms with E-state index in [2.05, 4.69) is 0 Å². The number of rotatable bonds is 0. The van der Waals surface area contributed by atoms with Crippen LogP contribution in [0.2, 0.25) is 0 Å². The van der Waals surface area contributed by atoms with E-state index in [-0.39, 0.29) is 60.1 Å². The average Bonchev–Trinajstić information content (AvgIpc) is 0.722. The third kappa shape index (κ3) is 314. The van der Waals surface area contributed by atoms with Crippen molar-refractivity contribution < 1.29 is 61.9 Å². The van der Waals surface area contributed by atoms with Gasteiger partial charge in [0.25, 0.3) is 0 Å². The molecule has 0 fully saturated rings. The summed E-state index contributed by atoms with van der Waals surface area (Å²) in [7, 11) is -5.39. The maximum atomic E-state index is 8.55. The first kappa shape index (κ1) is 42.0. The van der Waals surface area contributed by atoms with Gasteiger partial charge in [-0.05, 0) is 0 Å². The van der Waals surface area contributed by atoms with Crippen LogP contribution in [0.3, 0.4) is 0 Å². The summed E-state index contributed by atoms with van der Waals surface area (Å²) in [5.74, 6) is 0. The van der Waals surface area contributed by atoms with Gasteiger partial charge in [-0.2, -0.15) is 7.82 Å². The zero-order chi connectivity index (χ0) is 4.50. The minimum Gasteiger partial charge on any atom is -1.00 e. The number of hydrogen-bond donors (Lipinski definition) is 0. The van der Waals surface area contributed by atoms with E-state index in [9.17, 15) is 0 Å². The average molecular weight is 245 g/mol. The number of phosphoric acid groups is 1. The second-order valence-electron chi connectivity index (χ2n) is 0.447. The minimum absolute atomic E-state index is 0. The summed E-state index contributed by atoms with van der Waals surface area (Å²) < 4.78 is 8.55. The van der Waals surface area contributed by atoms with E-state index in [1.165, 1.54) is 0 Å². The van der Waals surface area contributed by atoms with Crippen molar-refractivity contribution in [2.75, 3.05) is 0 Å². The molecule has 0 unspecified atom stereocenters. The Morgan fingerprint density at radius 3 is 0.900 bits per heavy atom. The summed E-state index contributed by atoms with van der Waals surface area (Å²) in [6, 6.07) is 0. The predicted octanol–water partition coefficient (Wildman–Crippen LogP) is -12.4. The van der Waals surface area contributed by atoms with E-state index < -0.39 is 7.82 Å². The first-order valence-corrected chi connectivity index (χ1v) is 2.19. The van der Waals surface area contributed by atoms with Crippen molar-refractivity contribution in [1.82, 2.24) is 0 Å².